The van der Waals surface area contributed by atoms with E-state index < -0.39 is 0 Å². The van der Waals surface area contributed by atoms with Gasteiger partial charge in [-0.3, -0.25) is 14.5 Å². The zero-order valence-corrected chi connectivity index (χ0v) is 13.8. The van der Waals surface area contributed by atoms with Gasteiger partial charge < -0.3 is 9.80 Å². The van der Waals surface area contributed by atoms with Crippen LogP contribution in [0.3, 0.4) is 0 Å². The number of hydrogen-bond acceptors (Lipinski definition) is 7. The Balaban J connectivity index is 1.56. The molecule has 0 bridgehead atoms. The van der Waals surface area contributed by atoms with Gasteiger partial charge in [0.1, 0.15) is 5.39 Å². The van der Waals surface area contributed by atoms with E-state index in [4.69, 9.17) is 0 Å². The summed E-state index contributed by atoms with van der Waals surface area (Å²) in [7, 11) is 1.79. The van der Waals surface area contributed by atoms with Gasteiger partial charge in [-0.15, -0.1) is 11.3 Å². The van der Waals surface area contributed by atoms with Gasteiger partial charge >= 0.3 is 0 Å². The predicted octanol–water partition coefficient (Wildman–Crippen LogP) is 0.748. The minimum Gasteiger partial charge on any atom is -0.345 e. The lowest BCUT2D eigenvalue weighted by Gasteiger charge is -2.34. The largest absolute Gasteiger partial charge is 0.345 e. The highest BCUT2D eigenvalue weighted by Gasteiger charge is 2.21. The molecule has 3 aromatic rings. The number of rotatable bonds is 2. The van der Waals surface area contributed by atoms with Crippen LogP contribution in [0.15, 0.2) is 16.4 Å². The molecule has 4 heterocycles. The maximum atomic E-state index is 12.1. The second-order valence-corrected chi connectivity index (χ2v) is 6.48. The Morgan fingerprint density at radius 2 is 1.91 bits per heavy atom. The summed E-state index contributed by atoms with van der Waals surface area (Å²) >= 11 is 1.67. The van der Waals surface area contributed by atoms with Crippen LogP contribution < -0.4 is 15.4 Å². The number of thiazole rings is 1. The van der Waals surface area contributed by atoms with Crippen molar-refractivity contribution in [3.8, 4) is 0 Å². The van der Waals surface area contributed by atoms with E-state index in [-0.39, 0.29) is 5.56 Å². The fraction of sp³-hybridized carbons (Fsp3) is 0.429. The van der Waals surface area contributed by atoms with Crippen LogP contribution >= 0.6 is 11.3 Å². The van der Waals surface area contributed by atoms with Crippen LogP contribution in [-0.4, -0.2) is 50.9 Å². The molecular weight excluding hydrogens is 314 g/mol. The van der Waals surface area contributed by atoms with Gasteiger partial charge in [-0.25, -0.2) is 4.98 Å². The van der Waals surface area contributed by atoms with Gasteiger partial charge in [0.05, 0.1) is 11.9 Å². The van der Waals surface area contributed by atoms with E-state index in [1.54, 1.807) is 29.3 Å². The fourth-order valence-electron chi connectivity index (χ4n) is 2.77. The van der Waals surface area contributed by atoms with Crippen molar-refractivity contribution in [3.05, 3.63) is 27.6 Å². The Morgan fingerprint density at radius 3 is 2.61 bits per heavy atom. The van der Waals surface area contributed by atoms with Crippen LogP contribution in [0.1, 0.15) is 5.69 Å². The van der Waals surface area contributed by atoms with Crippen molar-refractivity contribution in [1.82, 2.24) is 24.7 Å². The molecule has 0 unspecified atom stereocenters. The number of piperazine rings is 1. The third kappa shape index (κ3) is 2.46. The highest BCUT2D eigenvalue weighted by atomic mass is 32.1. The van der Waals surface area contributed by atoms with Crippen molar-refractivity contribution >= 4 is 33.5 Å². The number of nitrogens with one attached hydrogen (secondary N) is 1. The average Bonchev–Trinajstić information content (AvgIpc) is 3.15. The van der Waals surface area contributed by atoms with Crippen molar-refractivity contribution in [3.63, 3.8) is 0 Å². The molecule has 0 saturated carbocycles. The van der Waals surface area contributed by atoms with Gasteiger partial charge in [-0.05, 0) is 6.92 Å². The van der Waals surface area contributed by atoms with Crippen molar-refractivity contribution < 1.29 is 0 Å². The van der Waals surface area contributed by atoms with Gasteiger partial charge in [0.2, 0.25) is 5.95 Å². The molecule has 1 N–H and O–H groups in total. The van der Waals surface area contributed by atoms with E-state index in [2.05, 4.69) is 35.2 Å². The Bertz CT molecular complexity index is 903. The van der Waals surface area contributed by atoms with Gasteiger partial charge in [0, 0.05) is 38.6 Å². The monoisotopic (exact) mass is 331 g/mol. The lowest BCUT2D eigenvalue weighted by atomic mass is 10.3. The molecule has 1 fully saturated rings. The summed E-state index contributed by atoms with van der Waals surface area (Å²) < 4.78 is 1.63. The zero-order chi connectivity index (χ0) is 16.0. The van der Waals surface area contributed by atoms with E-state index in [1.807, 2.05) is 6.92 Å². The summed E-state index contributed by atoms with van der Waals surface area (Å²) in [5, 5.41) is 7.75. The van der Waals surface area contributed by atoms with Crippen molar-refractivity contribution in [2.24, 2.45) is 7.05 Å². The maximum Gasteiger partial charge on any atom is 0.263 e. The molecule has 3 aromatic heterocycles. The minimum atomic E-state index is -0.143. The van der Waals surface area contributed by atoms with E-state index in [0.717, 1.165) is 37.0 Å². The topological polar surface area (TPSA) is 82.9 Å². The summed E-state index contributed by atoms with van der Waals surface area (Å²) in [6, 6.07) is 0. The van der Waals surface area contributed by atoms with Gasteiger partial charge in [-0.2, -0.15) is 10.1 Å². The van der Waals surface area contributed by atoms with E-state index in [0.29, 0.717) is 17.0 Å². The van der Waals surface area contributed by atoms with E-state index >= 15 is 0 Å². The third-order valence-electron chi connectivity index (χ3n) is 4.05. The Morgan fingerprint density at radius 1 is 1.17 bits per heavy atom. The van der Waals surface area contributed by atoms with Crippen LogP contribution in [0.25, 0.3) is 11.0 Å². The second-order valence-electron chi connectivity index (χ2n) is 5.64. The van der Waals surface area contributed by atoms with Crippen molar-refractivity contribution in [2.75, 3.05) is 36.0 Å². The molecule has 8 nitrogen and oxygen atoms in total. The number of anilines is 2. The quantitative estimate of drug-likeness (QED) is 0.746. The van der Waals surface area contributed by atoms with Crippen LogP contribution in [0.4, 0.5) is 11.1 Å². The summed E-state index contributed by atoms with van der Waals surface area (Å²) in [5.41, 5.74) is 1.53. The van der Waals surface area contributed by atoms with E-state index in [9.17, 15) is 4.79 Å². The Labute approximate surface area is 136 Å². The molecular formula is C14H17N7OS. The van der Waals surface area contributed by atoms with E-state index in [1.165, 1.54) is 0 Å². The number of aromatic amines is 1. The predicted molar refractivity (Wildman–Crippen MR) is 90.4 cm³/mol. The van der Waals surface area contributed by atoms with Crippen LogP contribution in [-0.2, 0) is 7.05 Å². The molecule has 1 aliphatic heterocycles. The Kier molecular flexibility index (Phi) is 3.29. The summed E-state index contributed by atoms with van der Waals surface area (Å²) in [5.74, 6) is 0.612. The van der Waals surface area contributed by atoms with Gasteiger partial charge in [0.15, 0.2) is 10.8 Å². The Hall–Kier alpha value is -2.42. The van der Waals surface area contributed by atoms with Crippen molar-refractivity contribution in [1.29, 1.82) is 0 Å². The molecule has 0 amide bonds. The molecule has 1 saturated heterocycles. The van der Waals surface area contributed by atoms with Crippen molar-refractivity contribution in [2.45, 2.75) is 6.92 Å². The summed E-state index contributed by atoms with van der Waals surface area (Å²) in [4.78, 5) is 28.5. The lowest BCUT2D eigenvalue weighted by molar-refractivity contribution is 0.637. The van der Waals surface area contributed by atoms with Crippen LogP contribution in [0, 0.1) is 6.92 Å². The molecule has 1 aliphatic rings. The molecule has 0 atom stereocenters. The molecule has 0 aliphatic carbocycles. The zero-order valence-electron chi connectivity index (χ0n) is 13.0. The minimum absolute atomic E-state index is 0.143. The normalized spacial score (nSPS) is 15.6. The number of hydrogen-bond donors (Lipinski definition) is 1. The number of aryl methyl sites for hydroxylation is 2. The molecule has 0 aromatic carbocycles. The standard InChI is InChI=1S/C14H17N7OS/c1-9-8-23-14(16-9)21-5-3-20(4-6-21)13-17-11-10(12(22)18-13)7-15-19(11)2/h7-8H,3-6H2,1-2H3,(H,17,18,22). The van der Waals surface area contributed by atoms with Crippen LogP contribution in [0.5, 0.6) is 0 Å². The molecule has 0 spiro atoms. The SMILES string of the molecule is Cc1csc(N2CCN(c3nc4c(cnn4C)c(=O)[nH]3)CC2)n1. The first kappa shape index (κ1) is 14.2. The molecule has 9 heteroatoms. The maximum absolute atomic E-state index is 12.1. The average molecular weight is 331 g/mol. The first-order chi connectivity index (χ1) is 11.1. The van der Waals surface area contributed by atoms with Gasteiger partial charge in [-0.1, -0.05) is 0 Å². The molecule has 0 radical (unpaired) electrons. The molecule has 23 heavy (non-hydrogen) atoms. The fourth-order valence-corrected chi connectivity index (χ4v) is 3.62. The molecule has 120 valence electrons. The van der Waals surface area contributed by atoms with Gasteiger partial charge in [0.25, 0.3) is 5.56 Å². The third-order valence-corrected chi connectivity index (χ3v) is 5.07. The summed E-state index contributed by atoms with van der Waals surface area (Å²) in [6.07, 6.45) is 1.55. The number of fused-ring (bicyclic) bond motifs is 1. The molecule has 4 rings (SSSR count). The lowest BCUT2D eigenvalue weighted by Crippen LogP contribution is -2.47. The smallest absolute Gasteiger partial charge is 0.263 e. The van der Waals surface area contributed by atoms with Crippen LogP contribution in [0.2, 0.25) is 0 Å². The highest BCUT2D eigenvalue weighted by molar-refractivity contribution is 7.13. The number of aromatic nitrogens is 5. The number of H-pyrrole nitrogens is 1. The first-order valence-corrected chi connectivity index (χ1v) is 8.34. The first-order valence-electron chi connectivity index (χ1n) is 7.46. The highest BCUT2D eigenvalue weighted by Crippen LogP contribution is 2.22. The second kappa shape index (κ2) is 5.34. The summed E-state index contributed by atoms with van der Waals surface area (Å²) in [6.45, 7) is 5.32. The number of nitrogens with zero attached hydrogens (tertiary/aromatic N) is 6.